The van der Waals surface area contributed by atoms with Crippen LogP contribution in [0.25, 0.3) is 0 Å². The number of rotatable bonds is 2. The fraction of sp³-hybridized carbons (Fsp3) is 0.600. The highest BCUT2D eigenvalue weighted by molar-refractivity contribution is 9.10. The van der Waals surface area contributed by atoms with E-state index in [4.69, 9.17) is 10.5 Å². The molecule has 1 saturated heterocycles. The molecule has 2 unspecified atom stereocenters. The van der Waals surface area contributed by atoms with Gasteiger partial charge in [0.15, 0.2) is 0 Å². The molecule has 0 bridgehead atoms. The van der Waals surface area contributed by atoms with Crippen LogP contribution in [0.4, 0.5) is 4.39 Å². The van der Waals surface area contributed by atoms with Gasteiger partial charge < -0.3 is 10.5 Å². The van der Waals surface area contributed by atoms with E-state index < -0.39 is 0 Å². The summed E-state index contributed by atoms with van der Waals surface area (Å²) in [6, 6.07) is 4.87. The number of hydrogen-bond acceptors (Lipinski definition) is 2. The van der Waals surface area contributed by atoms with Gasteiger partial charge in [0, 0.05) is 12.0 Å². The van der Waals surface area contributed by atoms with E-state index >= 15 is 0 Å². The maximum absolute atomic E-state index is 13.6. The lowest BCUT2D eigenvalue weighted by molar-refractivity contribution is -0.0767. The average molecular weight is 330 g/mol. The number of hydrogen-bond donors (Lipinski definition) is 1. The quantitative estimate of drug-likeness (QED) is 0.883. The summed E-state index contributed by atoms with van der Waals surface area (Å²) in [7, 11) is 0. The van der Waals surface area contributed by atoms with Crippen LogP contribution in [-0.4, -0.2) is 11.2 Å². The highest BCUT2D eigenvalue weighted by atomic mass is 79.9. The van der Waals surface area contributed by atoms with E-state index in [2.05, 4.69) is 43.6 Å². The fourth-order valence-corrected chi connectivity index (χ4v) is 3.36. The van der Waals surface area contributed by atoms with Crippen LogP contribution < -0.4 is 5.73 Å². The highest BCUT2D eigenvalue weighted by Gasteiger charge is 2.48. The van der Waals surface area contributed by atoms with Crippen molar-refractivity contribution >= 4 is 15.9 Å². The van der Waals surface area contributed by atoms with Gasteiger partial charge >= 0.3 is 0 Å². The Balaban J connectivity index is 2.28. The van der Waals surface area contributed by atoms with Crippen molar-refractivity contribution in [3.8, 4) is 0 Å². The van der Waals surface area contributed by atoms with Crippen LogP contribution in [0.15, 0.2) is 22.7 Å². The van der Waals surface area contributed by atoms with E-state index in [9.17, 15) is 4.39 Å². The van der Waals surface area contributed by atoms with Gasteiger partial charge in [0.1, 0.15) is 5.82 Å². The topological polar surface area (TPSA) is 35.2 Å². The molecule has 1 aliphatic heterocycles. The molecule has 2 N–H and O–H groups in total. The predicted molar refractivity (Wildman–Crippen MR) is 78.4 cm³/mol. The van der Waals surface area contributed by atoms with Crippen LogP contribution in [-0.2, 0) is 4.74 Å². The second-order valence-electron chi connectivity index (χ2n) is 6.48. The molecule has 1 heterocycles. The van der Waals surface area contributed by atoms with Crippen LogP contribution in [0.2, 0.25) is 0 Å². The Morgan fingerprint density at radius 3 is 2.47 bits per heavy atom. The molecule has 0 saturated carbocycles. The molecule has 0 aliphatic carbocycles. The third-order valence-electron chi connectivity index (χ3n) is 3.91. The molecule has 1 aromatic rings. The molecule has 2 nitrogen and oxygen atoms in total. The Bertz CT molecular complexity index is 487. The molecule has 0 spiro atoms. The molecule has 2 atom stereocenters. The molecule has 1 aliphatic rings. The molecule has 2 rings (SSSR count). The minimum Gasteiger partial charge on any atom is -0.369 e. The summed E-state index contributed by atoms with van der Waals surface area (Å²) in [5.74, 6) is -0.105. The molecule has 0 amide bonds. The largest absolute Gasteiger partial charge is 0.369 e. The zero-order valence-electron chi connectivity index (χ0n) is 11.8. The zero-order chi connectivity index (χ0) is 14.4. The third kappa shape index (κ3) is 3.01. The Morgan fingerprint density at radius 2 is 2.00 bits per heavy atom. The second kappa shape index (κ2) is 4.83. The molecule has 19 heavy (non-hydrogen) atoms. The van der Waals surface area contributed by atoms with Crippen LogP contribution in [0.3, 0.4) is 0 Å². The highest BCUT2D eigenvalue weighted by Crippen LogP contribution is 2.46. The Morgan fingerprint density at radius 1 is 1.37 bits per heavy atom. The second-order valence-corrected chi connectivity index (χ2v) is 7.33. The van der Waals surface area contributed by atoms with Gasteiger partial charge in [-0.1, -0.05) is 6.07 Å². The standard InChI is InChI=1S/C15H21BrFNO/c1-14(2)8-10(15(3,4)19-14)13(18)9-5-6-11(16)12(17)7-9/h5-7,10,13H,8,18H2,1-4H3. The van der Waals surface area contributed by atoms with Crippen molar-refractivity contribution in [3.63, 3.8) is 0 Å². The summed E-state index contributed by atoms with van der Waals surface area (Å²) in [5.41, 5.74) is 6.69. The molecule has 0 aromatic heterocycles. The van der Waals surface area contributed by atoms with Gasteiger partial charge in [0.25, 0.3) is 0 Å². The van der Waals surface area contributed by atoms with E-state index in [1.807, 2.05) is 6.07 Å². The predicted octanol–water partition coefficient (Wildman–Crippen LogP) is 4.18. The van der Waals surface area contributed by atoms with Gasteiger partial charge in [0.2, 0.25) is 0 Å². The summed E-state index contributed by atoms with van der Waals surface area (Å²) < 4.78 is 20.2. The Kier molecular flexibility index (Phi) is 3.80. The molecule has 0 radical (unpaired) electrons. The van der Waals surface area contributed by atoms with E-state index in [1.54, 1.807) is 6.07 Å². The minimum absolute atomic E-state index is 0.170. The molecule has 4 heteroatoms. The number of nitrogens with two attached hydrogens (primary N) is 1. The summed E-state index contributed by atoms with van der Waals surface area (Å²) in [6.45, 7) is 8.26. The van der Waals surface area contributed by atoms with Gasteiger partial charge in [-0.15, -0.1) is 0 Å². The molecular weight excluding hydrogens is 309 g/mol. The minimum atomic E-state index is -0.299. The van der Waals surface area contributed by atoms with E-state index in [1.165, 1.54) is 6.07 Å². The number of halogens is 2. The van der Waals surface area contributed by atoms with Crippen LogP contribution in [0, 0.1) is 11.7 Å². The molecule has 1 aromatic carbocycles. The van der Waals surface area contributed by atoms with Crippen molar-refractivity contribution < 1.29 is 9.13 Å². The van der Waals surface area contributed by atoms with Gasteiger partial charge in [-0.25, -0.2) is 4.39 Å². The molecular formula is C15H21BrFNO. The first-order valence-corrected chi connectivity index (χ1v) is 7.32. The lowest BCUT2D eigenvalue weighted by atomic mass is 9.79. The van der Waals surface area contributed by atoms with Gasteiger partial charge in [-0.05, 0) is 67.7 Å². The number of benzene rings is 1. The van der Waals surface area contributed by atoms with Crippen molar-refractivity contribution in [1.29, 1.82) is 0 Å². The van der Waals surface area contributed by atoms with Crippen molar-refractivity contribution in [1.82, 2.24) is 0 Å². The van der Waals surface area contributed by atoms with Crippen LogP contribution >= 0.6 is 15.9 Å². The van der Waals surface area contributed by atoms with Gasteiger partial charge in [-0.2, -0.15) is 0 Å². The Labute approximate surface area is 122 Å². The molecule has 106 valence electrons. The van der Waals surface area contributed by atoms with Crippen LogP contribution in [0.5, 0.6) is 0 Å². The summed E-state index contributed by atoms with van der Waals surface area (Å²) in [5, 5.41) is 0. The third-order valence-corrected chi connectivity index (χ3v) is 4.55. The Hall–Kier alpha value is -0.450. The van der Waals surface area contributed by atoms with Gasteiger partial charge in [0.05, 0.1) is 15.7 Å². The first-order valence-electron chi connectivity index (χ1n) is 6.53. The van der Waals surface area contributed by atoms with E-state index in [-0.39, 0.29) is 29.0 Å². The number of ether oxygens (including phenoxy) is 1. The lowest BCUT2D eigenvalue weighted by Gasteiger charge is -2.31. The smallest absolute Gasteiger partial charge is 0.137 e. The summed E-state index contributed by atoms with van der Waals surface area (Å²) in [4.78, 5) is 0. The maximum Gasteiger partial charge on any atom is 0.137 e. The van der Waals surface area contributed by atoms with Crippen molar-refractivity contribution in [2.45, 2.75) is 51.4 Å². The first-order chi connectivity index (χ1) is 8.62. The van der Waals surface area contributed by atoms with Crippen molar-refractivity contribution in [3.05, 3.63) is 34.1 Å². The normalized spacial score (nSPS) is 26.4. The van der Waals surface area contributed by atoms with Crippen LogP contribution in [0.1, 0.15) is 45.7 Å². The van der Waals surface area contributed by atoms with E-state index in [0.717, 1.165) is 12.0 Å². The van der Waals surface area contributed by atoms with Crippen molar-refractivity contribution in [2.75, 3.05) is 0 Å². The summed E-state index contributed by atoms with van der Waals surface area (Å²) >= 11 is 3.16. The summed E-state index contributed by atoms with van der Waals surface area (Å²) in [6.07, 6.45) is 0.874. The van der Waals surface area contributed by atoms with Crippen molar-refractivity contribution in [2.24, 2.45) is 11.7 Å². The zero-order valence-corrected chi connectivity index (χ0v) is 13.4. The van der Waals surface area contributed by atoms with E-state index in [0.29, 0.717) is 4.47 Å². The lowest BCUT2D eigenvalue weighted by Crippen LogP contribution is -2.35. The SMILES string of the molecule is CC1(C)CC(C(N)c2ccc(Br)c(F)c2)C(C)(C)O1. The molecule has 1 fully saturated rings. The maximum atomic E-state index is 13.6. The fourth-order valence-electron chi connectivity index (χ4n) is 3.12. The van der Waals surface area contributed by atoms with Gasteiger partial charge in [-0.3, -0.25) is 0 Å². The monoisotopic (exact) mass is 329 g/mol. The first kappa shape index (κ1) is 14.9. The average Bonchev–Trinajstić information content (AvgIpc) is 2.49.